The average molecular weight is 291 g/mol. The van der Waals surface area contributed by atoms with Crippen molar-refractivity contribution < 1.29 is 0 Å². The lowest BCUT2D eigenvalue weighted by Crippen LogP contribution is -2.27. The third kappa shape index (κ3) is 3.59. The monoisotopic (exact) mass is 291 g/mol. The molecule has 0 amide bonds. The van der Waals surface area contributed by atoms with Crippen LogP contribution in [-0.4, -0.2) is 6.04 Å². The fourth-order valence-electron chi connectivity index (χ4n) is 3.12. The number of allylic oxidation sites excluding steroid dienone is 5. The van der Waals surface area contributed by atoms with Crippen molar-refractivity contribution in [3.8, 4) is 0 Å². The Balaban J connectivity index is 1.78. The van der Waals surface area contributed by atoms with Crippen LogP contribution in [0, 0.1) is 5.92 Å². The minimum absolute atomic E-state index is 0.334. The van der Waals surface area contributed by atoms with E-state index in [1.54, 1.807) is 0 Å². The minimum Gasteiger partial charge on any atom is -0.381 e. The van der Waals surface area contributed by atoms with Gasteiger partial charge in [0.25, 0.3) is 0 Å². The maximum atomic E-state index is 3.47. The van der Waals surface area contributed by atoms with Crippen LogP contribution < -0.4 is 5.32 Å². The summed E-state index contributed by atoms with van der Waals surface area (Å²) in [6, 6.07) is 9.38. The van der Waals surface area contributed by atoms with Crippen molar-refractivity contribution in [2.24, 2.45) is 5.92 Å². The molecule has 1 aliphatic heterocycles. The maximum absolute atomic E-state index is 3.47. The molecule has 22 heavy (non-hydrogen) atoms. The van der Waals surface area contributed by atoms with Gasteiger partial charge in [0.05, 0.1) is 6.04 Å². The predicted molar refractivity (Wildman–Crippen MR) is 95.5 cm³/mol. The van der Waals surface area contributed by atoms with Crippen molar-refractivity contribution in [3.63, 3.8) is 0 Å². The highest BCUT2D eigenvalue weighted by Gasteiger charge is 2.14. The summed E-state index contributed by atoms with van der Waals surface area (Å²) in [5.74, 6) is 0.708. The lowest BCUT2D eigenvalue weighted by molar-refractivity contribution is 0.647. The van der Waals surface area contributed by atoms with Gasteiger partial charge in [-0.3, -0.25) is 0 Å². The highest BCUT2D eigenvalue weighted by molar-refractivity contribution is 5.76. The lowest BCUT2D eigenvalue weighted by atomic mass is 9.92. The van der Waals surface area contributed by atoms with Gasteiger partial charge in [0.1, 0.15) is 0 Å². The van der Waals surface area contributed by atoms with Crippen LogP contribution in [0.4, 0.5) is 0 Å². The number of benzene rings is 1. The summed E-state index contributed by atoms with van der Waals surface area (Å²) in [5.41, 5.74) is 5.52. The van der Waals surface area contributed by atoms with Gasteiger partial charge in [-0.15, -0.1) is 0 Å². The zero-order valence-electron chi connectivity index (χ0n) is 13.5. The van der Waals surface area contributed by atoms with Gasteiger partial charge >= 0.3 is 0 Å². The third-order valence-corrected chi connectivity index (χ3v) is 4.26. The first-order chi connectivity index (χ1) is 10.7. The van der Waals surface area contributed by atoms with E-state index in [1.807, 2.05) is 0 Å². The molecule has 0 fully saturated rings. The van der Waals surface area contributed by atoms with Gasteiger partial charge in [-0.25, -0.2) is 0 Å². The highest BCUT2D eigenvalue weighted by Crippen LogP contribution is 2.25. The van der Waals surface area contributed by atoms with Crippen LogP contribution in [0.15, 0.2) is 66.4 Å². The SMILES string of the molecule is CC(C)Cc1ccc(C2=CC(C3=CC=CCC3)NC=C2)cc1. The largest absolute Gasteiger partial charge is 0.381 e. The summed E-state index contributed by atoms with van der Waals surface area (Å²) in [4.78, 5) is 0. The molecule has 114 valence electrons. The Morgan fingerprint density at radius 3 is 2.68 bits per heavy atom. The van der Waals surface area contributed by atoms with Gasteiger partial charge < -0.3 is 5.32 Å². The number of hydrogen-bond donors (Lipinski definition) is 1. The summed E-state index contributed by atoms with van der Waals surface area (Å²) in [6.07, 6.45) is 16.7. The van der Waals surface area contributed by atoms with E-state index in [4.69, 9.17) is 0 Å². The molecule has 0 radical (unpaired) electrons. The van der Waals surface area contributed by atoms with Crippen molar-refractivity contribution >= 4 is 5.57 Å². The Labute approximate surface area is 134 Å². The van der Waals surface area contributed by atoms with Gasteiger partial charge in [0.2, 0.25) is 0 Å². The van der Waals surface area contributed by atoms with E-state index >= 15 is 0 Å². The summed E-state index contributed by atoms with van der Waals surface area (Å²) in [6.45, 7) is 4.53. The molecule has 1 nitrogen and oxygen atoms in total. The van der Waals surface area contributed by atoms with Gasteiger partial charge in [-0.1, -0.05) is 62.4 Å². The van der Waals surface area contributed by atoms with Crippen LogP contribution in [-0.2, 0) is 6.42 Å². The molecule has 1 aromatic rings. The normalized spacial score (nSPS) is 20.6. The van der Waals surface area contributed by atoms with Crippen LogP contribution >= 0.6 is 0 Å². The molecular weight excluding hydrogens is 266 g/mol. The molecule has 1 heterocycles. The summed E-state index contributed by atoms with van der Waals surface area (Å²) in [5, 5.41) is 3.47. The van der Waals surface area contributed by atoms with Gasteiger partial charge in [0.15, 0.2) is 0 Å². The Kier molecular flexibility index (Phi) is 4.62. The van der Waals surface area contributed by atoms with E-state index < -0.39 is 0 Å². The van der Waals surface area contributed by atoms with E-state index in [9.17, 15) is 0 Å². The minimum atomic E-state index is 0.334. The second kappa shape index (κ2) is 6.83. The molecule has 1 N–H and O–H groups in total. The number of dihydropyridines is 1. The Morgan fingerprint density at radius 2 is 2.00 bits per heavy atom. The summed E-state index contributed by atoms with van der Waals surface area (Å²) < 4.78 is 0. The Hall–Kier alpha value is -2.02. The Morgan fingerprint density at radius 1 is 1.18 bits per heavy atom. The van der Waals surface area contributed by atoms with Crippen molar-refractivity contribution in [1.29, 1.82) is 0 Å². The molecule has 0 bridgehead atoms. The molecule has 0 saturated carbocycles. The third-order valence-electron chi connectivity index (χ3n) is 4.26. The van der Waals surface area contributed by atoms with Gasteiger partial charge in [-0.05, 0) is 59.7 Å². The van der Waals surface area contributed by atoms with Gasteiger partial charge in [0, 0.05) is 0 Å². The van der Waals surface area contributed by atoms with E-state index in [2.05, 4.69) is 80.0 Å². The van der Waals surface area contributed by atoms with Crippen LogP contribution in [0.25, 0.3) is 5.57 Å². The van der Waals surface area contributed by atoms with E-state index in [1.165, 1.54) is 22.3 Å². The molecule has 1 aliphatic carbocycles. The standard InChI is InChI=1S/C21H25N/c1-16(2)14-17-8-10-18(11-9-17)20-12-13-22-21(15-20)19-6-4-3-5-7-19/h3-4,6,8-13,15-16,21-22H,5,7,14H2,1-2H3. The first kappa shape index (κ1) is 14.9. The quantitative estimate of drug-likeness (QED) is 0.820. The zero-order valence-corrected chi connectivity index (χ0v) is 13.5. The van der Waals surface area contributed by atoms with Crippen LogP contribution in [0.1, 0.15) is 37.8 Å². The van der Waals surface area contributed by atoms with Gasteiger partial charge in [-0.2, -0.15) is 0 Å². The fourth-order valence-corrected chi connectivity index (χ4v) is 3.12. The zero-order chi connectivity index (χ0) is 15.4. The van der Waals surface area contributed by atoms with E-state index in [0.29, 0.717) is 12.0 Å². The summed E-state index contributed by atoms with van der Waals surface area (Å²) in [7, 11) is 0. The van der Waals surface area contributed by atoms with Crippen molar-refractivity contribution in [3.05, 3.63) is 77.5 Å². The first-order valence-electron chi connectivity index (χ1n) is 8.32. The smallest absolute Gasteiger partial charge is 0.0664 e. The van der Waals surface area contributed by atoms with Crippen LogP contribution in [0.3, 0.4) is 0 Å². The molecular formula is C21H25N. The molecule has 1 aromatic carbocycles. The average Bonchev–Trinajstić information content (AvgIpc) is 2.56. The predicted octanol–water partition coefficient (Wildman–Crippen LogP) is 5.03. The molecule has 0 saturated heterocycles. The molecule has 1 atom stereocenters. The second-order valence-electron chi connectivity index (χ2n) is 6.60. The number of nitrogens with one attached hydrogen (secondary N) is 1. The molecule has 3 rings (SSSR count). The van der Waals surface area contributed by atoms with Crippen molar-refractivity contribution in [2.45, 2.75) is 39.2 Å². The number of hydrogen-bond acceptors (Lipinski definition) is 1. The van der Waals surface area contributed by atoms with E-state index in [-0.39, 0.29) is 0 Å². The Bertz CT molecular complexity index is 626. The lowest BCUT2D eigenvalue weighted by Gasteiger charge is -2.23. The molecule has 1 heteroatoms. The topological polar surface area (TPSA) is 12.0 Å². The molecule has 2 aliphatic rings. The fraction of sp³-hybridized carbons (Fsp3) is 0.333. The second-order valence-corrected chi connectivity index (χ2v) is 6.60. The maximum Gasteiger partial charge on any atom is 0.0664 e. The molecule has 0 spiro atoms. The highest BCUT2D eigenvalue weighted by atomic mass is 14.9. The molecule has 0 aromatic heterocycles. The summed E-state index contributed by atoms with van der Waals surface area (Å²) >= 11 is 0. The molecule has 1 unspecified atom stereocenters. The van der Waals surface area contributed by atoms with E-state index in [0.717, 1.165) is 19.3 Å². The van der Waals surface area contributed by atoms with Crippen molar-refractivity contribution in [2.75, 3.05) is 0 Å². The first-order valence-corrected chi connectivity index (χ1v) is 8.32. The van der Waals surface area contributed by atoms with Crippen molar-refractivity contribution in [1.82, 2.24) is 5.32 Å². The van der Waals surface area contributed by atoms with Crippen LogP contribution in [0.2, 0.25) is 0 Å². The number of rotatable bonds is 4. The van der Waals surface area contributed by atoms with Crippen LogP contribution in [0.5, 0.6) is 0 Å².